The normalized spacial score (nSPS) is 16.4. The van der Waals surface area contributed by atoms with Crippen molar-refractivity contribution in [2.75, 3.05) is 13.1 Å². The summed E-state index contributed by atoms with van der Waals surface area (Å²) in [6, 6.07) is 6.79. The molecule has 1 aliphatic rings. The lowest BCUT2D eigenvalue weighted by molar-refractivity contribution is 0.0939. The van der Waals surface area contributed by atoms with Gasteiger partial charge in [-0.3, -0.25) is 4.79 Å². The van der Waals surface area contributed by atoms with Gasteiger partial charge in [0.1, 0.15) is 4.90 Å². The van der Waals surface area contributed by atoms with Crippen molar-refractivity contribution in [1.29, 1.82) is 0 Å². The molecule has 3 rings (SSSR count). The van der Waals surface area contributed by atoms with E-state index in [2.05, 4.69) is 5.32 Å². The summed E-state index contributed by atoms with van der Waals surface area (Å²) in [6.07, 6.45) is 2.54. The van der Waals surface area contributed by atoms with Crippen LogP contribution < -0.4 is 5.32 Å². The summed E-state index contributed by atoms with van der Waals surface area (Å²) in [5.41, 5.74) is 0.492. The second-order valence-electron chi connectivity index (χ2n) is 6.98. The summed E-state index contributed by atoms with van der Waals surface area (Å²) in [7, 11) is -3.81. The van der Waals surface area contributed by atoms with E-state index < -0.39 is 33.6 Å². The van der Waals surface area contributed by atoms with E-state index in [1.54, 1.807) is 6.92 Å². The van der Waals surface area contributed by atoms with Crippen LogP contribution in [0.5, 0.6) is 0 Å². The quantitative estimate of drug-likeness (QED) is 0.751. The molecule has 2 aromatic carbocycles. The van der Waals surface area contributed by atoms with Crippen LogP contribution in [0.15, 0.2) is 41.3 Å². The van der Waals surface area contributed by atoms with Crippen LogP contribution in [0, 0.1) is 11.6 Å². The summed E-state index contributed by atoms with van der Waals surface area (Å²) in [5.74, 6) is -2.53. The first-order valence-corrected chi connectivity index (χ1v) is 11.1. The number of hydrogen-bond acceptors (Lipinski definition) is 3. The van der Waals surface area contributed by atoms with E-state index in [-0.39, 0.29) is 15.5 Å². The maximum atomic E-state index is 13.4. The lowest BCUT2D eigenvalue weighted by atomic mass is 10.1. The fourth-order valence-corrected chi connectivity index (χ4v) is 5.25. The third-order valence-corrected chi connectivity index (χ3v) is 7.30. The van der Waals surface area contributed by atoms with E-state index in [0.717, 1.165) is 31.4 Å². The Kier molecular flexibility index (Phi) is 6.55. The van der Waals surface area contributed by atoms with E-state index in [4.69, 9.17) is 11.6 Å². The maximum Gasteiger partial charge on any atom is 0.251 e. The molecule has 0 bridgehead atoms. The molecule has 1 heterocycles. The van der Waals surface area contributed by atoms with Gasteiger partial charge >= 0.3 is 0 Å². The van der Waals surface area contributed by atoms with Gasteiger partial charge in [-0.2, -0.15) is 4.31 Å². The molecule has 1 saturated heterocycles. The number of rotatable bonds is 5. The molecule has 0 aromatic heterocycles. The third kappa shape index (κ3) is 4.76. The molecule has 9 heteroatoms. The summed E-state index contributed by atoms with van der Waals surface area (Å²) in [5, 5.41) is 2.70. The number of halogens is 3. The monoisotopic (exact) mass is 442 g/mol. The number of hydrogen-bond donors (Lipinski definition) is 1. The average Bonchev–Trinajstić information content (AvgIpc) is 2.70. The molecule has 1 aliphatic heterocycles. The highest BCUT2D eigenvalue weighted by Crippen LogP contribution is 2.28. The number of nitrogens with zero attached hydrogens (tertiary/aromatic N) is 1. The molecule has 2 aromatic rings. The fraction of sp³-hybridized carbons (Fsp3) is 0.350. The molecule has 1 atom stereocenters. The summed E-state index contributed by atoms with van der Waals surface area (Å²) < 4.78 is 53.8. The van der Waals surface area contributed by atoms with E-state index in [1.165, 1.54) is 28.6 Å². The van der Waals surface area contributed by atoms with Crippen molar-refractivity contribution in [2.24, 2.45) is 0 Å². The van der Waals surface area contributed by atoms with Gasteiger partial charge in [0.15, 0.2) is 11.6 Å². The first kappa shape index (κ1) is 21.7. The Balaban J connectivity index is 1.82. The lowest BCUT2D eigenvalue weighted by Gasteiger charge is -2.26. The number of piperidine rings is 1. The van der Waals surface area contributed by atoms with E-state index in [1.807, 2.05) is 0 Å². The molecule has 0 spiro atoms. The van der Waals surface area contributed by atoms with Crippen molar-refractivity contribution >= 4 is 27.5 Å². The summed E-state index contributed by atoms with van der Waals surface area (Å²) in [4.78, 5) is 12.5. The van der Waals surface area contributed by atoms with Gasteiger partial charge in [-0.15, -0.1) is 0 Å². The predicted molar refractivity (Wildman–Crippen MR) is 106 cm³/mol. The number of carbonyl (C=O) groups is 1. The summed E-state index contributed by atoms with van der Waals surface area (Å²) in [6.45, 7) is 2.45. The Morgan fingerprint density at radius 3 is 2.41 bits per heavy atom. The Bertz CT molecular complexity index is 1020. The van der Waals surface area contributed by atoms with Crippen molar-refractivity contribution in [2.45, 2.75) is 37.1 Å². The molecular weight excluding hydrogens is 422 g/mol. The molecule has 156 valence electrons. The molecular formula is C20H21ClF2N2O3S. The topological polar surface area (TPSA) is 66.5 Å². The van der Waals surface area contributed by atoms with Crippen LogP contribution in [0.3, 0.4) is 0 Å². The van der Waals surface area contributed by atoms with E-state index >= 15 is 0 Å². The van der Waals surface area contributed by atoms with Gasteiger partial charge < -0.3 is 5.32 Å². The van der Waals surface area contributed by atoms with Crippen LogP contribution in [0.1, 0.15) is 48.1 Å². The summed E-state index contributed by atoms with van der Waals surface area (Å²) >= 11 is 6.12. The number of carbonyl (C=O) groups excluding carboxylic acids is 1. The Hall–Kier alpha value is -2.03. The zero-order valence-electron chi connectivity index (χ0n) is 15.8. The largest absolute Gasteiger partial charge is 0.346 e. The zero-order chi connectivity index (χ0) is 21.2. The van der Waals surface area contributed by atoms with Gasteiger partial charge in [0.25, 0.3) is 5.91 Å². The van der Waals surface area contributed by atoms with Gasteiger partial charge in [-0.05, 0) is 55.7 Å². The van der Waals surface area contributed by atoms with E-state index in [9.17, 15) is 22.0 Å². The molecule has 29 heavy (non-hydrogen) atoms. The first-order valence-electron chi connectivity index (χ1n) is 9.25. The number of amides is 1. The molecule has 1 amide bonds. The number of sulfonamides is 1. The third-order valence-electron chi connectivity index (χ3n) is 4.92. The van der Waals surface area contributed by atoms with Crippen LogP contribution in [0.2, 0.25) is 5.02 Å². The average molecular weight is 443 g/mol. The molecule has 0 aliphatic carbocycles. The highest BCUT2D eigenvalue weighted by molar-refractivity contribution is 7.89. The standard InChI is InChI=1S/C20H21ClF2N2O3S/c1-13(14-6-8-17(22)18(23)11-14)24-20(26)15-5-7-16(21)19(12-15)29(27,28)25-9-3-2-4-10-25/h5-8,11-13H,2-4,9-10H2,1H3,(H,24,26). The number of nitrogens with one attached hydrogen (secondary N) is 1. The van der Waals surface area contributed by atoms with Crippen molar-refractivity contribution in [1.82, 2.24) is 9.62 Å². The van der Waals surface area contributed by atoms with Gasteiger partial charge in [-0.25, -0.2) is 17.2 Å². The van der Waals surface area contributed by atoms with Crippen LogP contribution in [0.4, 0.5) is 8.78 Å². The maximum absolute atomic E-state index is 13.4. The van der Waals surface area contributed by atoms with Crippen molar-refractivity contribution in [3.63, 3.8) is 0 Å². The van der Waals surface area contributed by atoms with Crippen LogP contribution >= 0.6 is 11.6 Å². The van der Waals surface area contributed by atoms with Crippen LogP contribution in [-0.4, -0.2) is 31.7 Å². The second-order valence-corrected chi connectivity index (χ2v) is 9.29. The molecule has 0 saturated carbocycles. The van der Waals surface area contributed by atoms with Crippen molar-refractivity contribution in [3.05, 3.63) is 64.2 Å². The van der Waals surface area contributed by atoms with Crippen molar-refractivity contribution in [3.8, 4) is 0 Å². The van der Waals surface area contributed by atoms with E-state index in [0.29, 0.717) is 18.7 Å². The molecule has 1 fully saturated rings. The van der Waals surface area contributed by atoms with Gasteiger partial charge in [-0.1, -0.05) is 24.1 Å². The zero-order valence-corrected chi connectivity index (χ0v) is 17.4. The Morgan fingerprint density at radius 1 is 1.07 bits per heavy atom. The highest BCUT2D eigenvalue weighted by Gasteiger charge is 2.29. The first-order chi connectivity index (χ1) is 13.7. The minimum Gasteiger partial charge on any atom is -0.346 e. The Morgan fingerprint density at radius 2 is 1.76 bits per heavy atom. The Labute approximate surface area is 173 Å². The van der Waals surface area contributed by atoms with Gasteiger partial charge in [0.05, 0.1) is 11.1 Å². The minimum atomic E-state index is -3.81. The van der Waals surface area contributed by atoms with Crippen LogP contribution in [0.25, 0.3) is 0 Å². The second kappa shape index (κ2) is 8.77. The number of benzene rings is 2. The fourth-order valence-electron chi connectivity index (χ4n) is 3.23. The van der Waals surface area contributed by atoms with Crippen LogP contribution in [-0.2, 0) is 10.0 Å². The molecule has 1 unspecified atom stereocenters. The molecule has 1 N–H and O–H groups in total. The predicted octanol–water partition coefficient (Wildman–Crippen LogP) is 4.28. The minimum absolute atomic E-state index is 0.0424. The highest BCUT2D eigenvalue weighted by atomic mass is 35.5. The SMILES string of the molecule is CC(NC(=O)c1ccc(Cl)c(S(=O)(=O)N2CCCCC2)c1)c1ccc(F)c(F)c1. The molecule has 0 radical (unpaired) electrons. The van der Waals surface area contributed by atoms with Gasteiger partial charge in [0.2, 0.25) is 10.0 Å². The van der Waals surface area contributed by atoms with Crippen molar-refractivity contribution < 1.29 is 22.0 Å². The lowest BCUT2D eigenvalue weighted by Crippen LogP contribution is -2.36. The smallest absolute Gasteiger partial charge is 0.251 e. The van der Waals surface area contributed by atoms with Gasteiger partial charge in [0, 0.05) is 18.7 Å². The molecule has 5 nitrogen and oxygen atoms in total.